The van der Waals surface area contributed by atoms with Crippen molar-refractivity contribution in [1.29, 1.82) is 0 Å². The lowest BCUT2D eigenvalue weighted by Gasteiger charge is -2.16. The zero-order valence-electron chi connectivity index (χ0n) is 10.8. The van der Waals surface area contributed by atoms with Crippen LogP contribution in [0.1, 0.15) is 32.8 Å². The number of ether oxygens (including phenoxy) is 2. The Hall–Kier alpha value is -1.36. The van der Waals surface area contributed by atoms with E-state index in [1.165, 1.54) is 6.33 Å². The lowest BCUT2D eigenvalue weighted by Crippen LogP contribution is -2.21. The number of nitrogens with two attached hydrogens (primary N) is 1. The molecule has 1 aromatic heterocycles. The Morgan fingerprint density at radius 3 is 2.76 bits per heavy atom. The monoisotopic (exact) mass is 239 g/mol. The standard InChI is InChI=1S/C12H21N3O2/c1-4-6-10-11(13)14-8-15-12(10)17-9(3)7-16-5-2/h8-9H,4-7H2,1-3H3,(H2,13,14,15). The van der Waals surface area contributed by atoms with Crippen molar-refractivity contribution < 1.29 is 9.47 Å². The Morgan fingerprint density at radius 1 is 1.35 bits per heavy atom. The zero-order chi connectivity index (χ0) is 12.7. The molecule has 1 atom stereocenters. The summed E-state index contributed by atoms with van der Waals surface area (Å²) < 4.78 is 11.0. The Balaban J connectivity index is 2.72. The van der Waals surface area contributed by atoms with Gasteiger partial charge in [-0.05, 0) is 20.3 Å². The van der Waals surface area contributed by atoms with Gasteiger partial charge in [-0.2, -0.15) is 0 Å². The molecule has 0 fully saturated rings. The van der Waals surface area contributed by atoms with Crippen LogP contribution >= 0.6 is 0 Å². The molecule has 1 aromatic rings. The van der Waals surface area contributed by atoms with Crippen molar-refractivity contribution in [1.82, 2.24) is 9.97 Å². The molecule has 17 heavy (non-hydrogen) atoms. The largest absolute Gasteiger partial charge is 0.472 e. The van der Waals surface area contributed by atoms with Crippen molar-refractivity contribution in [2.24, 2.45) is 0 Å². The van der Waals surface area contributed by atoms with E-state index in [9.17, 15) is 0 Å². The molecule has 0 bridgehead atoms. The predicted octanol–water partition coefficient (Wildman–Crippen LogP) is 1.82. The lowest BCUT2D eigenvalue weighted by atomic mass is 10.2. The highest BCUT2D eigenvalue weighted by molar-refractivity contribution is 5.44. The second-order valence-electron chi connectivity index (χ2n) is 3.88. The van der Waals surface area contributed by atoms with Crippen LogP contribution in [0.2, 0.25) is 0 Å². The van der Waals surface area contributed by atoms with Crippen LogP contribution in [0.4, 0.5) is 5.82 Å². The van der Waals surface area contributed by atoms with Gasteiger partial charge in [-0.15, -0.1) is 0 Å². The van der Waals surface area contributed by atoms with Crippen molar-refractivity contribution >= 4 is 5.82 Å². The maximum Gasteiger partial charge on any atom is 0.222 e. The molecule has 5 heteroatoms. The van der Waals surface area contributed by atoms with Crippen LogP contribution in [0.15, 0.2) is 6.33 Å². The summed E-state index contributed by atoms with van der Waals surface area (Å²) >= 11 is 0. The summed E-state index contributed by atoms with van der Waals surface area (Å²) in [6.45, 7) is 7.22. The van der Waals surface area contributed by atoms with Gasteiger partial charge >= 0.3 is 0 Å². The van der Waals surface area contributed by atoms with E-state index < -0.39 is 0 Å². The van der Waals surface area contributed by atoms with Gasteiger partial charge in [0, 0.05) is 6.61 Å². The molecule has 0 aliphatic heterocycles. The molecule has 1 rings (SSSR count). The van der Waals surface area contributed by atoms with Gasteiger partial charge in [0.15, 0.2) is 0 Å². The first-order valence-electron chi connectivity index (χ1n) is 6.02. The van der Waals surface area contributed by atoms with Crippen LogP contribution in [-0.2, 0) is 11.2 Å². The first-order valence-corrected chi connectivity index (χ1v) is 6.02. The predicted molar refractivity (Wildman–Crippen MR) is 67.0 cm³/mol. The summed E-state index contributed by atoms with van der Waals surface area (Å²) in [5.74, 6) is 1.08. The molecule has 5 nitrogen and oxygen atoms in total. The number of nitrogens with zero attached hydrogens (tertiary/aromatic N) is 2. The van der Waals surface area contributed by atoms with Gasteiger partial charge in [0.25, 0.3) is 0 Å². The zero-order valence-corrected chi connectivity index (χ0v) is 10.8. The van der Waals surface area contributed by atoms with Crippen molar-refractivity contribution in [3.05, 3.63) is 11.9 Å². The highest BCUT2D eigenvalue weighted by atomic mass is 16.5. The smallest absolute Gasteiger partial charge is 0.222 e. The molecule has 0 aliphatic carbocycles. The Labute approximate surface area is 102 Å². The SMILES string of the molecule is CCCc1c(N)ncnc1OC(C)COCC. The highest BCUT2D eigenvalue weighted by Gasteiger charge is 2.12. The number of nitrogen functional groups attached to an aromatic ring is 1. The molecule has 0 saturated heterocycles. The summed E-state index contributed by atoms with van der Waals surface area (Å²) in [5, 5.41) is 0. The van der Waals surface area contributed by atoms with Gasteiger partial charge in [0.1, 0.15) is 18.2 Å². The fourth-order valence-electron chi connectivity index (χ4n) is 1.50. The molecule has 2 N–H and O–H groups in total. The van der Waals surface area contributed by atoms with E-state index in [0.29, 0.717) is 24.9 Å². The van der Waals surface area contributed by atoms with Gasteiger partial charge in [-0.3, -0.25) is 0 Å². The third-order valence-electron chi connectivity index (χ3n) is 2.31. The normalized spacial score (nSPS) is 12.4. The molecule has 0 radical (unpaired) electrons. The maximum absolute atomic E-state index is 5.82. The third kappa shape index (κ3) is 4.19. The Bertz CT molecular complexity index is 345. The minimum atomic E-state index is -0.0418. The van der Waals surface area contributed by atoms with Gasteiger partial charge in [0.2, 0.25) is 5.88 Å². The Morgan fingerprint density at radius 2 is 2.12 bits per heavy atom. The molecular weight excluding hydrogens is 218 g/mol. The first-order chi connectivity index (χ1) is 8.19. The quantitative estimate of drug-likeness (QED) is 0.785. The molecule has 1 heterocycles. The van der Waals surface area contributed by atoms with Crippen LogP contribution in [-0.4, -0.2) is 29.3 Å². The molecule has 1 unspecified atom stereocenters. The van der Waals surface area contributed by atoms with Crippen LogP contribution in [0.5, 0.6) is 5.88 Å². The Kier molecular flexibility index (Phi) is 5.69. The topological polar surface area (TPSA) is 70.3 Å². The molecule has 0 aromatic carbocycles. The molecule has 0 aliphatic rings. The van der Waals surface area contributed by atoms with Crippen molar-refractivity contribution in [2.75, 3.05) is 18.9 Å². The number of hydrogen-bond donors (Lipinski definition) is 1. The van der Waals surface area contributed by atoms with Crippen molar-refractivity contribution in [3.8, 4) is 5.88 Å². The van der Waals surface area contributed by atoms with Crippen molar-refractivity contribution in [3.63, 3.8) is 0 Å². The molecule has 0 amide bonds. The fraction of sp³-hybridized carbons (Fsp3) is 0.667. The molecule has 0 spiro atoms. The van der Waals surface area contributed by atoms with E-state index in [4.69, 9.17) is 15.2 Å². The second-order valence-corrected chi connectivity index (χ2v) is 3.88. The molecular formula is C12H21N3O2. The second kappa shape index (κ2) is 7.06. The van der Waals surface area contributed by atoms with Crippen LogP contribution in [0, 0.1) is 0 Å². The fourth-order valence-corrected chi connectivity index (χ4v) is 1.50. The molecule has 96 valence electrons. The number of rotatable bonds is 7. The number of anilines is 1. The summed E-state index contributed by atoms with van der Waals surface area (Å²) in [5.41, 5.74) is 6.71. The van der Waals surface area contributed by atoms with E-state index in [0.717, 1.165) is 18.4 Å². The number of hydrogen-bond acceptors (Lipinski definition) is 5. The van der Waals surface area contributed by atoms with Gasteiger partial charge in [-0.1, -0.05) is 13.3 Å². The van der Waals surface area contributed by atoms with Crippen LogP contribution in [0.3, 0.4) is 0 Å². The van der Waals surface area contributed by atoms with Gasteiger partial charge in [0.05, 0.1) is 12.2 Å². The third-order valence-corrected chi connectivity index (χ3v) is 2.31. The maximum atomic E-state index is 5.82. The highest BCUT2D eigenvalue weighted by Crippen LogP contribution is 2.22. The summed E-state index contributed by atoms with van der Waals surface area (Å²) in [4.78, 5) is 8.12. The van der Waals surface area contributed by atoms with Crippen molar-refractivity contribution in [2.45, 2.75) is 39.7 Å². The van der Waals surface area contributed by atoms with Crippen LogP contribution < -0.4 is 10.5 Å². The minimum absolute atomic E-state index is 0.0418. The number of aromatic nitrogens is 2. The van der Waals surface area contributed by atoms with E-state index in [2.05, 4.69) is 16.9 Å². The van der Waals surface area contributed by atoms with Crippen LogP contribution in [0.25, 0.3) is 0 Å². The molecule has 0 saturated carbocycles. The minimum Gasteiger partial charge on any atom is -0.472 e. The van der Waals surface area contributed by atoms with E-state index in [-0.39, 0.29) is 6.10 Å². The van der Waals surface area contributed by atoms with Gasteiger partial charge in [-0.25, -0.2) is 9.97 Å². The average molecular weight is 239 g/mol. The van der Waals surface area contributed by atoms with Gasteiger partial charge < -0.3 is 15.2 Å². The van der Waals surface area contributed by atoms with E-state index in [1.54, 1.807) is 0 Å². The summed E-state index contributed by atoms with van der Waals surface area (Å²) in [6.07, 6.45) is 3.19. The lowest BCUT2D eigenvalue weighted by molar-refractivity contribution is 0.0627. The summed E-state index contributed by atoms with van der Waals surface area (Å²) in [7, 11) is 0. The van der Waals surface area contributed by atoms with E-state index >= 15 is 0 Å². The first kappa shape index (κ1) is 13.7. The van der Waals surface area contributed by atoms with E-state index in [1.807, 2.05) is 13.8 Å². The average Bonchev–Trinajstić information content (AvgIpc) is 2.31. The summed E-state index contributed by atoms with van der Waals surface area (Å²) in [6, 6.07) is 0.